The molecule has 0 unspecified atom stereocenters. The maximum Gasteiger partial charge on any atom is 0.374 e. The Morgan fingerprint density at radius 2 is 1.78 bits per heavy atom. The summed E-state index contributed by atoms with van der Waals surface area (Å²) in [5.74, 6) is 0.514. The molecule has 5 rings (SSSR count). The van der Waals surface area contributed by atoms with Crippen LogP contribution in [-0.2, 0) is 14.8 Å². The topological polar surface area (TPSA) is 116 Å². The molecule has 0 spiro atoms. The summed E-state index contributed by atoms with van der Waals surface area (Å²) in [6, 6.07) is 12.5. The summed E-state index contributed by atoms with van der Waals surface area (Å²) in [5, 5.41) is 8.98. The monoisotopic (exact) mass is 509 g/mol. The lowest BCUT2D eigenvalue weighted by molar-refractivity contribution is 0.0491. The highest BCUT2D eigenvalue weighted by Gasteiger charge is 2.33. The van der Waals surface area contributed by atoms with Gasteiger partial charge >= 0.3 is 5.97 Å². The molecule has 0 bridgehead atoms. The highest BCUT2D eigenvalue weighted by Crippen LogP contribution is 2.33. The minimum absolute atomic E-state index is 0.00566. The number of esters is 1. The number of carbonyl (C=O) groups is 1. The van der Waals surface area contributed by atoms with Gasteiger partial charge in [-0.25, -0.2) is 13.2 Å². The molecule has 0 radical (unpaired) electrons. The number of aromatic nitrogens is 2. The Morgan fingerprint density at radius 1 is 1.06 bits per heavy atom. The van der Waals surface area contributed by atoms with Crippen LogP contribution in [0.15, 0.2) is 56.2 Å². The average molecular weight is 510 g/mol. The molecule has 2 aromatic heterocycles. The van der Waals surface area contributed by atoms with E-state index >= 15 is 0 Å². The van der Waals surface area contributed by atoms with Gasteiger partial charge in [-0.15, -0.1) is 10.2 Å². The number of carbonyl (C=O) groups excluding carboxylic acids is 1. The number of aryl methyl sites for hydroxylation is 2. The number of furan rings is 1. The first kappa shape index (κ1) is 24.2. The molecule has 0 atom stereocenters. The molecule has 0 N–H and O–H groups in total. The van der Waals surface area contributed by atoms with Gasteiger partial charge in [0.05, 0.1) is 11.5 Å². The Morgan fingerprint density at radius 3 is 2.47 bits per heavy atom. The van der Waals surface area contributed by atoms with Crippen LogP contribution >= 0.6 is 0 Å². The van der Waals surface area contributed by atoms with E-state index in [1.807, 2.05) is 31.2 Å². The molecule has 36 heavy (non-hydrogen) atoms. The zero-order chi connectivity index (χ0) is 25.4. The van der Waals surface area contributed by atoms with E-state index in [1.165, 1.54) is 10.4 Å². The minimum atomic E-state index is -3.73. The smallest absolute Gasteiger partial charge is 0.374 e. The van der Waals surface area contributed by atoms with E-state index < -0.39 is 16.0 Å². The number of ether oxygens (including phenoxy) is 1. The van der Waals surface area contributed by atoms with E-state index in [2.05, 4.69) is 10.2 Å². The van der Waals surface area contributed by atoms with Gasteiger partial charge in [-0.2, -0.15) is 4.31 Å². The Hall–Kier alpha value is -3.50. The predicted octanol–water partition coefficient (Wildman–Crippen LogP) is 4.84. The summed E-state index contributed by atoms with van der Waals surface area (Å²) in [6.07, 6.45) is 1.16. The zero-order valence-corrected chi connectivity index (χ0v) is 21.2. The summed E-state index contributed by atoms with van der Waals surface area (Å²) in [6.45, 7) is 6.35. The van der Waals surface area contributed by atoms with Crippen LogP contribution in [0.2, 0.25) is 0 Å². The fraction of sp³-hybridized carbons (Fsp3) is 0.346. The molecule has 0 aliphatic carbocycles. The number of piperidine rings is 1. The van der Waals surface area contributed by atoms with Crippen LogP contribution in [0.3, 0.4) is 0 Å². The zero-order valence-electron chi connectivity index (χ0n) is 20.4. The Kier molecular flexibility index (Phi) is 6.40. The second-order valence-electron chi connectivity index (χ2n) is 8.92. The van der Waals surface area contributed by atoms with Gasteiger partial charge in [0.25, 0.3) is 0 Å². The Labute approximate surface area is 209 Å². The van der Waals surface area contributed by atoms with Crippen molar-refractivity contribution in [2.24, 2.45) is 0 Å². The van der Waals surface area contributed by atoms with E-state index in [4.69, 9.17) is 13.6 Å². The molecule has 1 fully saturated rings. The largest absolute Gasteiger partial charge is 0.460 e. The van der Waals surface area contributed by atoms with E-state index in [1.54, 1.807) is 26.0 Å². The maximum absolute atomic E-state index is 13.4. The van der Waals surface area contributed by atoms with Crippen molar-refractivity contribution < 1.29 is 26.8 Å². The molecule has 0 amide bonds. The molecule has 1 saturated heterocycles. The maximum atomic E-state index is 13.4. The third kappa shape index (κ3) is 4.42. The third-order valence-electron chi connectivity index (χ3n) is 6.55. The van der Waals surface area contributed by atoms with Crippen LogP contribution in [0.5, 0.6) is 0 Å². The summed E-state index contributed by atoms with van der Waals surface area (Å²) < 4.78 is 44.8. The SMILES string of the molecule is CCOC(=O)c1oc2ccc(S(=O)(=O)N3CCC(c4nnc(-c5ccc(C)cc5)o4)CC3)cc2c1C. The molecule has 10 heteroatoms. The first-order chi connectivity index (χ1) is 17.3. The van der Waals surface area contributed by atoms with Crippen molar-refractivity contribution in [3.8, 4) is 11.5 Å². The van der Waals surface area contributed by atoms with Gasteiger partial charge in [0.2, 0.25) is 27.6 Å². The molecular weight excluding hydrogens is 482 g/mol. The lowest BCUT2D eigenvalue weighted by atomic mass is 9.98. The summed E-state index contributed by atoms with van der Waals surface area (Å²) >= 11 is 0. The number of hydrogen-bond acceptors (Lipinski definition) is 8. The standard InChI is InChI=1S/C26H27N3O6S/c1-4-33-26(30)23-17(3)21-15-20(9-10-22(21)34-23)36(31,32)29-13-11-19(12-14-29)25-28-27-24(35-25)18-7-5-16(2)6-8-18/h5-10,15,19H,4,11-14H2,1-3H3. The number of rotatable bonds is 6. The average Bonchev–Trinajstić information content (AvgIpc) is 3.50. The van der Waals surface area contributed by atoms with E-state index in [-0.39, 0.29) is 23.2 Å². The van der Waals surface area contributed by atoms with Crippen LogP contribution in [-0.4, -0.2) is 48.6 Å². The molecule has 188 valence electrons. The molecule has 0 saturated carbocycles. The lowest BCUT2D eigenvalue weighted by Gasteiger charge is -2.29. The molecular formula is C26H27N3O6S. The molecule has 2 aromatic carbocycles. The quantitative estimate of drug-likeness (QED) is 0.339. The van der Waals surface area contributed by atoms with Gasteiger partial charge in [-0.05, 0) is 63.9 Å². The van der Waals surface area contributed by atoms with Gasteiger partial charge in [0.15, 0.2) is 0 Å². The van der Waals surface area contributed by atoms with Crippen molar-refractivity contribution in [3.05, 3.63) is 65.2 Å². The summed E-state index contributed by atoms with van der Waals surface area (Å²) in [7, 11) is -3.73. The number of nitrogens with zero attached hydrogens (tertiary/aromatic N) is 3. The van der Waals surface area contributed by atoms with Crippen LogP contribution in [0.4, 0.5) is 0 Å². The van der Waals surface area contributed by atoms with E-state index in [0.717, 1.165) is 11.1 Å². The summed E-state index contributed by atoms with van der Waals surface area (Å²) in [5.41, 5.74) is 3.00. The van der Waals surface area contributed by atoms with Crippen LogP contribution in [0, 0.1) is 13.8 Å². The number of fused-ring (bicyclic) bond motifs is 1. The van der Waals surface area contributed by atoms with Gasteiger partial charge in [-0.3, -0.25) is 0 Å². The second kappa shape index (κ2) is 9.51. The minimum Gasteiger partial charge on any atom is -0.460 e. The van der Waals surface area contributed by atoms with Gasteiger partial charge in [0.1, 0.15) is 5.58 Å². The number of benzene rings is 2. The lowest BCUT2D eigenvalue weighted by Crippen LogP contribution is -2.37. The molecule has 4 aromatic rings. The van der Waals surface area contributed by atoms with Crippen LogP contribution in [0.1, 0.15) is 53.3 Å². The number of sulfonamides is 1. The van der Waals surface area contributed by atoms with Gasteiger partial charge in [0, 0.05) is 35.5 Å². The van der Waals surface area contributed by atoms with E-state index in [0.29, 0.717) is 54.2 Å². The van der Waals surface area contributed by atoms with Crippen LogP contribution in [0.25, 0.3) is 22.4 Å². The molecule has 1 aliphatic rings. The van der Waals surface area contributed by atoms with Crippen molar-refractivity contribution in [1.29, 1.82) is 0 Å². The highest BCUT2D eigenvalue weighted by atomic mass is 32.2. The van der Waals surface area contributed by atoms with Crippen LogP contribution < -0.4 is 0 Å². The molecule has 1 aliphatic heterocycles. The van der Waals surface area contributed by atoms with Crippen molar-refractivity contribution in [2.75, 3.05) is 19.7 Å². The Balaban J connectivity index is 1.31. The highest BCUT2D eigenvalue weighted by molar-refractivity contribution is 7.89. The Bertz CT molecular complexity index is 1510. The van der Waals surface area contributed by atoms with Crippen molar-refractivity contribution in [1.82, 2.24) is 14.5 Å². The predicted molar refractivity (Wildman–Crippen MR) is 132 cm³/mol. The molecule has 9 nitrogen and oxygen atoms in total. The second-order valence-corrected chi connectivity index (χ2v) is 10.9. The van der Waals surface area contributed by atoms with Gasteiger partial charge in [-0.1, -0.05) is 17.7 Å². The first-order valence-corrected chi connectivity index (χ1v) is 13.3. The third-order valence-corrected chi connectivity index (χ3v) is 8.44. The van der Waals surface area contributed by atoms with Crippen molar-refractivity contribution in [2.45, 2.75) is 44.4 Å². The number of hydrogen-bond donors (Lipinski definition) is 0. The fourth-order valence-corrected chi connectivity index (χ4v) is 5.95. The first-order valence-electron chi connectivity index (χ1n) is 11.9. The van der Waals surface area contributed by atoms with E-state index in [9.17, 15) is 13.2 Å². The summed E-state index contributed by atoms with van der Waals surface area (Å²) in [4.78, 5) is 12.3. The fourth-order valence-electron chi connectivity index (χ4n) is 4.46. The normalized spacial score (nSPS) is 15.4. The molecule has 3 heterocycles. The van der Waals surface area contributed by atoms with Crippen molar-refractivity contribution >= 4 is 27.0 Å². The van der Waals surface area contributed by atoms with Gasteiger partial charge < -0.3 is 13.6 Å². The van der Waals surface area contributed by atoms with Crippen molar-refractivity contribution in [3.63, 3.8) is 0 Å².